The Morgan fingerprint density at radius 3 is 1.45 bits per heavy atom. The predicted octanol–water partition coefficient (Wildman–Crippen LogP) is 2.83. The molecule has 2 aromatic rings. The van der Waals surface area contributed by atoms with Gasteiger partial charge in [-0.3, -0.25) is 19.4 Å². The highest BCUT2D eigenvalue weighted by molar-refractivity contribution is 6.33. The van der Waals surface area contributed by atoms with Gasteiger partial charge < -0.3 is 30.3 Å². The van der Waals surface area contributed by atoms with Crippen molar-refractivity contribution in [3.05, 3.63) is 46.5 Å². The number of hydrogen-bond acceptors (Lipinski definition) is 10. The lowest BCUT2D eigenvalue weighted by Gasteiger charge is -2.31. The van der Waals surface area contributed by atoms with Crippen molar-refractivity contribution in [2.24, 2.45) is 0 Å². The quantitative estimate of drug-likeness (QED) is 0.327. The van der Waals surface area contributed by atoms with Crippen molar-refractivity contribution < 1.29 is 29.3 Å². The van der Waals surface area contributed by atoms with E-state index < -0.39 is 11.6 Å². The van der Waals surface area contributed by atoms with E-state index in [1.54, 1.807) is 12.1 Å². The number of carbonyl (C=O) groups excluding carboxylic acids is 2. The van der Waals surface area contributed by atoms with Gasteiger partial charge in [-0.2, -0.15) is 0 Å². The molecule has 4 N–H and O–H groups in total. The largest absolute Gasteiger partial charge is 0.507 e. The van der Waals surface area contributed by atoms with E-state index in [1.165, 1.54) is 12.1 Å². The minimum atomic E-state index is -0.506. The van der Waals surface area contributed by atoms with Crippen LogP contribution >= 0.6 is 0 Å². The maximum absolute atomic E-state index is 13.7. The van der Waals surface area contributed by atoms with Crippen molar-refractivity contribution in [1.29, 1.82) is 0 Å². The number of rotatable bonds is 8. The molecule has 2 heterocycles. The number of benzene rings is 2. The van der Waals surface area contributed by atoms with E-state index >= 15 is 0 Å². The third kappa shape index (κ3) is 4.62. The maximum atomic E-state index is 13.7. The Hall–Kier alpha value is -3.18. The highest BCUT2D eigenvalue weighted by Crippen LogP contribution is 2.42. The zero-order valence-electron chi connectivity index (χ0n) is 22.4. The fourth-order valence-electron chi connectivity index (χ4n) is 5.60. The summed E-state index contributed by atoms with van der Waals surface area (Å²) >= 11 is 0. The summed E-state index contributed by atoms with van der Waals surface area (Å²) in [6, 6.07) is 6.03. The second-order valence-corrected chi connectivity index (χ2v) is 10.8. The molecule has 0 atom stereocenters. The molecule has 0 saturated carbocycles. The molecule has 2 saturated heterocycles. The van der Waals surface area contributed by atoms with Crippen LogP contribution < -0.4 is 10.6 Å². The molecule has 2 fully saturated rings. The number of phenols is 2. The van der Waals surface area contributed by atoms with Crippen LogP contribution in [-0.4, -0.2) is 95.5 Å². The zero-order valence-corrected chi connectivity index (χ0v) is 22.4. The van der Waals surface area contributed by atoms with Crippen molar-refractivity contribution in [3.63, 3.8) is 0 Å². The minimum absolute atomic E-state index is 0.173. The molecule has 204 valence electrons. The molecule has 0 aromatic heterocycles. The van der Waals surface area contributed by atoms with E-state index in [9.17, 15) is 19.8 Å². The first-order valence-electron chi connectivity index (χ1n) is 13.1. The molecule has 5 rings (SSSR count). The van der Waals surface area contributed by atoms with Gasteiger partial charge in [0.2, 0.25) is 11.6 Å². The Bertz CT molecular complexity index is 1180. The molecule has 2 aliphatic heterocycles. The lowest BCUT2D eigenvalue weighted by molar-refractivity contribution is -0.0484. The van der Waals surface area contributed by atoms with Crippen molar-refractivity contribution >= 4 is 22.9 Å². The second-order valence-electron chi connectivity index (χ2n) is 10.8. The summed E-state index contributed by atoms with van der Waals surface area (Å²) in [5.41, 5.74) is 0.315. The molecule has 3 aliphatic rings. The van der Waals surface area contributed by atoms with Crippen LogP contribution in [0.1, 0.15) is 59.5 Å². The summed E-state index contributed by atoms with van der Waals surface area (Å²) in [6.45, 7) is 13.4. The van der Waals surface area contributed by atoms with Gasteiger partial charge in [0.05, 0.1) is 35.5 Å². The molecule has 0 spiro atoms. The molecule has 38 heavy (non-hydrogen) atoms. The summed E-state index contributed by atoms with van der Waals surface area (Å²) in [5.74, 6) is -1.68. The predicted molar refractivity (Wildman–Crippen MR) is 143 cm³/mol. The van der Waals surface area contributed by atoms with Gasteiger partial charge in [-0.25, -0.2) is 0 Å². The van der Waals surface area contributed by atoms with Gasteiger partial charge in [0.25, 0.3) is 0 Å². The molecule has 2 aromatic carbocycles. The van der Waals surface area contributed by atoms with Crippen molar-refractivity contribution in [2.75, 3.05) is 63.1 Å². The summed E-state index contributed by atoms with van der Waals surface area (Å²) < 4.78 is 11.5. The molecule has 0 bridgehead atoms. The third-order valence-corrected chi connectivity index (χ3v) is 7.83. The van der Waals surface area contributed by atoms with Gasteiger partial charge in [0.15, 0.2) is 0 Å². The Kier molecular flexibility index (Phi) is 6.85. The first-order chi connectivity index (χ1) is 18.0. The standard InChI is InChI=1S/C28H36N4O6/c1-27(2)31(13-15-37-27)11-9-29-17-5-6-18(30-10-12-32-14-16-38-28(32,3)4)22-21(17)25(35)23-19(33)7-8-20(34)24(23)26(22)36/h5-8,29-30,33-34H,9-16H2,1-4H3. The number of anilines is 2. The van der Waals surface area contributed by atoms with Crippen LogP contribution in [-0.2, 0) is 9.47 Å². The van der Waals surface area contributed by atoms with E-state index in [1.807, 2.05) is 27.7 Å². The maximum Gasteiger partial charge on any atom is 0.200 e. The average Bonchev–Trinajstić information content (AvgIpc) is 3.38. The SMILES string of the molecule is CC1(C)OCCN1CCNc1ccc(NCCN2CCOC2(C)C)c2c1C(=O)c1c(O)ccc(O)c1C2=O. The van der Waals surface area contributed by atoms with Crippen LogP contribution in [0.5, 0.6) is 11.5 Å². The van der Waals surface area contributed by atoms with Crippen LogP contribution in [0.2, 0.25) is 0 Å². The zero-order chi connectivity index (χ0) is 27.2. The summed E-state index contributed by atoms with van der Waals surface area (Å²) in [5, 5.41) is 27.6. The van der Waals surface area contributed by atoms with Gasteiger partial charge in [-0.15, -0.1) is 0 Å². The number of carbonyl (C=O) groups is 2. The Balaban J connectivity index is 1.44. The topological polar surface area (TPSA) is 124 Å². The molecular weight excluding hydrogens is 488 g/mol. The first kappa shape index (κ1) is 26.4. The molecule has 0 unspecified atom stereocenters. The first-order valence-corrected chi connectivity index (χ1v) is 13.1. The van der Waals surface area contributed by atoms with Gasteiger partial charge in [-0.05, 0) is 52.0 Å². The van der Waals surface area contributed by atoms with Gasteiger partial charge in [0, 0.05) is 50.6 Å². The molecule has 1 aliphatic carbocycles. The third-order valence-electron chi connectivity index (χ3n) is 7.83. The van der Waals surface area contributed by atoms with Gasteiger partial charge >= 0.3 is 0 Å². The summed E-state index contributed by atoms with van der Waals surface area (Å²) in [4.78, 5) is 31.9. The fraction of sp³-hybridized carbons (Fsp3) is 0.500. The lowest BCUT2D eigenvalue weighted by Crippen LogP contribution is -2.42. The van der Waals surface area contributed by atoms with E-state index in [-0.39, 0.29) is 45.2 Å². The molecular formula is C28H36N4O6. The Labute approximate surface area is 222 Å². The number of ketones is 2. The Morgan fingerprint density at radius 1 is 0.711 bits per heavy atom. The normalized spacial score (nSPS) is 20.4. The Morgan fingerprint density at radius 2 is 1.11 bits per heavy atom. The average molecular weight is 525 g/mol. The fourth-order valence-corrected chi connectivity index (χ4v) is 5.60. The number of ether oxygens (including phenoxy) is 2. The number of nitrogens with one attached hydrogen (secondary N) is 2. The van der Waals surface area contributed by atoms with Crippen LogP contribution in [0.15, 0.2) is 24.3 Å². The van der Waals surface area contributed by atoms with Crippen LogP contribution in [0, 0.1) is 0 Å². The highest BCUT2D eigenvalue weighted by atomic mass is 16.5. The number of fused-ring (bicyclic) bond motifs is 2. The van der Waals surface area contributed by atoms with E-state index in [4.69, 9.17) is 9.47 Å². The smallest absolute Gasteiger partial charge is 0.200 e. The van der Waals surface area contributed by atoms with Gasteiger partial charge in [0.1, 0.15) is 22.9 Å². The lowest BCUT2D eigenvalue weighted by atomic mass is 9.81. The second kappa shape index (κ2) is 9.85. The molecule has 0 amide bonds. The van der Waals surface area contributed by atoms with Crippen molar-refractivity contribution in [1.82, 2.24) is 9.80 Å². The van der Waals surface area contributed by atoms with E-state index in [0.717, 1.165) is 13.1 Å². The van der Waals surface area contributed by atoms with Crippen LogP contribution in [0.25, 0.3) is 0 Å². The monoisotopic (exact) mass is 524 g/mol. The van der Waals surface area contributed by atoms with Crippen LogP contribution in [0.3, 0.4) is 0 Å². The molecule has 10 heteroatoms. The highest BCUT2D eigenvalue weighted by Gasteiger charge is 2.39. The van der Waals surface area contributed by atoms with E-state index in [0.29, 0.717) is 50.8 Å². The minimum Gasteiger partial charge on any atom is -0.507 e. The summed E-state index contributed by atoms with van der Waals surface area (Å²) in [7, 11) is 0. The van der Waals surface area contributed by atoms with Crippen molar-refractivity contribution in [2.45, 2.75) is 39.1 Å². The number of nitrogens with zero attached hydrogens (tertiary/aromatic N) is 2. The summed E-state index contributed by atoms with van der Waals surface area (Å²) in [6.07, 6.45) is 0. The van der Waals surface area contributed by atoms with E-state index in [2.05, 4.69) is 20.4 Å². The number of phenolic OH excluding ortho intramolecular Hbond substituents is 2. The number of hydrogen-bond donors (Lipinski definition) is 4. The number of aromatic hydroxyl groups is 2. The molecule has 10 nitrogen and oxygen atoms in total. The van der Waals surface area contributed by atoms with Crippen molar-refractivity contribution in [3.8, 4) is 11.5 Å². The van der Waals surface area contributed by atoms with Crippen LogP contribution in [0.4, 0.5) is 11.4 Å². The van der Waals surface area contributed by atoms with Gasteiger partial charge in [-0.1, -0.05) is 0 Å². The molecule has 0 radical (unpaired) electrons.